The van der Waals surface area contributed by atoms with Gasteiger partial charge in [0.2, 0.25) is 0 Å². The largest absolute Gasteiger partial charge is 0.370 e. The van der Waals surface area contributed by atoms with Crippen LogP contribution in [0.15, 0.2) is 12.3 Å². The molecule has 0 aromatic carbocycles. The van der Waals surface area contributed by atoms with Crippen molar-refractivity contribution in [3.05, 3.63) is 23.6 Å². The lowest BCUT2D eigenvalue weighted by Crippen LogP contribution is -2.33. The fraction of sp³-hybridized carbons (Fsp3) is 0.625. The molecule has 0 aliphatic heterocycles. The zero-order chi connectivity index (χ0) is 15.2. The number of amides is 1. The van der Waals surface area contributed by atoms with Crippen LogP contribution in [0.4, 0.5) is 10.2 Å². The molecule has 1 saturated carbocycles. The summed E-state index contributed by atoms with van der Waals surface area (Å²) in [5, 5.41) is 3.02. The molecular weight excluding hydrogens is 269 g/mol. The van der Waals surface area contributed by atoms with Crippen LogP contribution < -0.4 is 5.32 Å². The van der Waals surface area contributed by atoms with Gasteiger partial charge in [-0.15, -0.1) is 0 Å². The van der Waals surface area contributed by atoms with Crippen molar-refractivity contribution in [1.82, 2.24) is 9.88 Å². The average Bonchev–Trinajstić information content (AvgIpc) is 2.49. The van der Waals surface area contributed by atoms with Crippen molar-refractivity contribution in [3.63, 3.8) is 0 Å². The zero-order valence-corrected chi connectivity index (χ0v) is 12.9. The molecule has 0 spiro atoms. The molecule has 1 aromatic rings. The molecule has 1 aliphatic rings. The topological polar surface area (TPSA) is 45.2 Å². The lowest BCUT2D eigenvalue weighted by atomic mass is 9.89. The van der Waals surface area contributed by atoms with Crippen molar-refractivity contribution in [2.75, 3.05) is 25.5 Å². The highest BCUT2D eigenvalue weighted by Crippen LogP contribution is 2.25. The Labute approximate surface area is 125 Å². The summed E-state index contributed by atoms with van der Waals surface area (Å²) in [6.45, 7) is 3.30. The molecule has 116 valence electrons. The van der Waals surface area contributed by atoms with Crippen molar-refractivity contribution in [1.29, 1.82) is 0 Å². The minimum atomic E-state index is -0.480. The average molecular weight is 293 g/mol. The molecule has 1 fully saturated rings. The minimum absolute atomic E-state index is 0.163. The van der Waals surface area contributed by atoms with E-state index in [2.05, 4.69) is 10.3 Å². The second-order valence-electron chi connectivity index (χ2n) is 5.77. The molecule has 0 radical (unpaired) electrons. The number of rotatable bonds is 5. The number of nitrogens with zero attached hydrogens (tertiary/aromatic N) is 2. The standard InChI is InChI=1S/C16H24FN3O/c1-3-18-15-14(9-13(17)10-19-15)16(21)20(2)11-12-7-5-4-6-8-12/h9-10,12H,3-8,11H2,1-2H3,(H,18,19). The van der Waals surface area contributed by atoms with Crippen molar-refractivity contribution in [3.8, 4) is 0 Å². The maximum Gasteiger partial charge on any atom is 0.257 e. The molecule has 21 heavy (non-hydrogen) atoms. The van der Waals surface area contributed by atoms with Crippen LogP contribution in [0.2, 0.25) is 0 Å². The first kappa shape index (κ1) is 15.7. The van der Waals surface area contributed by atoms with Crippen LogP contribution >= 0.6 is 0 Å². The lowest BCUT2D eigenvalue weighted by Gasteiger charge is -2.27. The van der Waals surface area contributed by atoms with E-state index < -0.39 is 5.82 Å². The highest BCUT2D eigenvalue weighted by atomic mass is 19.1. The Bertz CT molecular complexity index is 486. The smallest absolute Gasteiger partial charge is 0.257 e. The Kier molecular flexibility index (Phi) is 5.53. The van der Waals surface area contributed by atoms with Crippen LogP contribution in [0, 0.1) is 11.7 Å². The summed E-state index contributed by atoms with van der Waals surface area (Å²) in [5.41, 5.74) is 0.315. The molecule has 4 nitrogen and oxygen atoms in total. The number of pyridine rings is 1. The Morgan fingerprint density at radius 3 is 2.81 bits per heavy atom. The summed E-state index contributed by atoms with van der Waals surface area (Å²) in [6.07, 6.45) is 7.29. The van der Waals surface area contributed by atoms with Crippen LogP contribution in [-0.2, 0) is 0 Å². The Hall–Kier alpha value is -1.65. The van der Waals surface area contributed by atoms with E-state index in [0.717, 1.165) is 12.7 Å². The third-order valence-corrected chi connectivity index (χ3v) is 4.03. The van der Waals surface area contributed by atoms with E-state index in [-0.39, 0.29) is 5.91 Å². The summed E-state index contributed by atoms with van der Waals surface area (Å²) >= 11 is 0. The van der Waals surface area contributed by atoms with E-state index in [4.69, 9.17) is 0 Å². The number of anilines is 1. The van der Waals surface area contributed by atoms with Gasteiger partial charge >= 0.3 is 0 Å². The maximum absolute atomic E-state index is 13.4. The second kappa shape index (κ2) is 7.38. The fourth-order valence-corrected chi connectivity index (χ4v) is 2.96. The Morgan fingerprint density at radius 2 is 2.14 bits per heavy atom. The van der Waals surface area contributed by atoms with Gasteiger partial charge < -0.3 is 10.2 Å². The summed E-state index contributed by atoms with van der Waals surface area (Å²) in [5.74, 6) is 0.380. The Balaban J connectivity index is 2.08. The SMILES string of the molecule is CCNc1ncc(F)cc1C(=O)N(C)CC1CCCCC1. The van der Waals surface area contributed by atoms with E-state index in [9.17, 15) is 9.18 Å². The Morgan fingerprint density at radius 1 is 1.43 bits per heavy atom. The van der Waals surface area contributed by atoms with Crippen molar-refractivity contribution in [2.45, 2.75) is 39.0 Å². The molecule has 2 rings (SSSR count). The molecule has 1 aromatic heterocycles. The van der Waals surface area contributed by atoms with E-state index in [0.29, 0.717) is 23.8 Å². The van der Waals surface area contributed by atoms with Crippen molar-refractivity contribution in [2.24, 2.45) is 5.92 Å². The number of carbonyl (C=O) groups excluding carboxylic acids is 1. The van der Waals surface area contributed by atoms with Crippen LogP contribution in [-0.4, -0.2) is 35.9 Å². The third kappa shape index (κ3) is 4.16. The molecule has 1 amide bonds. The van der Waals surface area contributed by atoms with Gasteiger partial charge in [-0.1, -0.05) is 19.3 Å². The van der Waals surface area contributed by atoms with Gasteiger partial charge in [-0.25, -0.2) is 9.37 Å². The molecular formula is C16H24FN3O. The summed E-state index contributed by atoms with van der Waals surface area (Å²) in [4.78, 5) is 18.2. The van der Waals surface area contributed by atoms with E-state index in [1.165, 1.54) is 38.2 Å². The quantitative estimate of drug-likeness (QED) is 0.906. The molecule has 0 atom stereocenters. The summed E-state index contributed by atoms with van der Waals surface area (Å²) in [7, 11) is 1.79. The third-order valence-electron chi connectivity index (χ3n) is 4.03. The van der Waals surface area contributed by atoms with E-state index in [1.54, 1.807) is 11.9 Å². The fourth-order valence-electron chi connectivity index (χ4n) is 2.96. The highest BCUT2D eigenvalue weighted by Gasteiger charge is 2.22. The first-order chi connectivity index (χ1) is 10.1. The predicted octanol–water partition coefficient (Wildman–Crippen LogP) is 3.30. The van der Waals surface area contributed by atoms with Crippen molar-refractivity contribution < 1.29 is 9.18 Å². The number of aromatic nitrogens is 1. The van der Waals surface area contributed by atoms with Crippen LogP contribution in [0.5, 0.6) is 0 Å². The molecule has 1 N–H and O–H groups in total. The van der Waals surface area contributed by atoms with Gasteiger partial charge in [0.1, 0.15) is 11.6 Å². The molecule has 5 heteroatoms. The number of hydrogen-bond acceptors (Lipinski definition) is 3. The van der Waals surface area contributed by atoms with Gasteiger partial charge in [0.15, 0.2) is 0 Å². The van der Waals surface area contributed by atoms with E-state index in [1.807, 2.05) is 6.92 Å². The monoisotopic (exact) mass is 293 g/mol. The lowest BCUT2D eigenvalue weighted by molar-refractivity contribution is 0.0760. The van der Waals surface area contributed by atoms with Crippen LogP contribution in [0.1, 0.15) is 49.4 Å². The molecule has 1 heterocycles. The molecule has 1 aliphatic carbocycles. The molecule has 0 unspecified atom stereocenters. The predicted molar refractivity (Wildman–Crippen MR) is 81.9 cm³/mol. The van der Waals surface area contributed by atoms with Gasteiger partial charge in [-0.05, 0) is 31.7 Å². The van der Waals surface area contributed by atoms with Gasteiger partial charge in [0.05, 0.1) is 11.8 Å². The van der Waals surface area contributed by atoms with Gasteiger partial charge in [-0.3, -0.25) is 4.79 Å². The highest BCUT2D eigenvalue weighted by molar-refractivity contribution is 5.98. The van der Waals surface area contributed by atoms with Gasteiger partial charge in [0, 0.05) is 20.1 Å². The van der Waals surface area contributed by atoms with Gasteiger partial charge in [-0.2, -0.15) is 0 Å². The normalized spacial score (nSPS) is 15.8. The van der Waals surface area contributed by atoms with Crippen LogP contribution in [0.25, 0.3) is 0 Å². The number of carbonyl (C=O) groups is 1. The number of hydrogen-bond donors (Lipinski definition) is 1. The first-order valence-corrected chi connectivity index (χ1v) is 7.76. The van der Waals surface area contributed by atoms with Crippen molar-refractivity contribution >= 4 is 11.7 Å². The number of halogens is 1. The van der Waals surface area contributed by atoms with E-state index >= 15 is 0 Å². The summed E-state index contributed by atoms with van der Waals surface area (Å²) in [6, 6.07) is 1.27. The molecule has 0 saturated heterocycles. The zero-order valence-electron chi connectivity index (χ0n) is 12.9. The van der Waals surface area contributed by atoms with Crippen LogP contribution in [0.3, 0.4) is 0 Å². The maximum atomic E-state index is 13.4. The first-order valence-electron chi connectivity index (χ1n) is 7.76. The van der Waals surface area contributed by atoms with Gasteiger partial charge in [0.25, 0.3) is 5.91 Å². The summed E-state index contributed by atoms with van der Waals surface area (Å²) < 4.78 is 13.4. The number of nitrogens with one attached hydrogen (secondary N) is 1. The second-order valence-corrected chi connectivity index (χ2v) is 5.77. The molecule has 0 bridgehead atoms. The minimum Gasteiger partial charge on any atom is -0.370 e.